The highest BCUT2D eigenvalue weighted by Crippen LogP contribution is 2.28. The highest BCUT2D eigenvalue weighted by Gasteiger charge is 2.10. The Balaban J connectivity index is 2.22. The summed E-state index contributed by atoms with van der Waals surface area (Å²) in [6.45, 7) is 8.31. The van der Waals surface area contributed by atoms with Crippen LogP contribution in [-0.4, -0.2) is 5.11 Å². The summed E-state index contributed by atoms with van der Waals surface area (Å²) in [7, 11) is 0. The standard InChI is InChI=1S/C17H21NO/c1-11-5-8-17(19)16(9-11)14(4)18-15-7-6-12(2)13(3)10-15/h5-10,14,18-19H,1-4H3. The van der Waals surface area contributed by atoms with Crippen LogP contribution < -0.4 is 5.32 Å². The number of anilines is 1. The quantitative estimate of drug-likeness (QED) is 0.847. The van der Waals surface area contributed by atoms with Crippen LogP contribution in [0.2, 0.25) is 0 Å². The lowest BCUT2D eigenvalue weighted by Gasteiger charge is -2.18. The van der Waals surface area contributed by atoms with Gasteiger partial charge in [0.25, 0.3) is 0 Å². The minimum Gasteiger partial charge on any atom is -0.508 e. The van der Waals surface area contributed by atoms with Gasteiger partial charge in [0.1, 0.15) is 5.75 Å². The van der Waals surface area contributed by atoms with Gasteiger partial charge in [-0.2, -0.15) is 0 Å². The van der Waals surface area contributed by atoms with Crippen LogP contribution in [0.15, 0.2) is 36.4 Å². The molecule has 2 heteroatoms. The van der Waals surface area contributed by atoms with Crippen molar-refractivity contribution in [3.8, 4) is 5.75 Å². The van der Waals surface area contributed by atoms with Gasteiger partial charge in [0, 0.05) is 11.3 Å². The average Bonchev–Trinajstić information content (AvgIpc) is 2.36. The van der Waals surface area contributed by atoms with Crippen LogP contribution in [0.3, 0.4) is 0 Å². The lowest BCUT2D eigenvalue weighted by atomic mass is 10.0. The third kappa shape index (κ3) is 3.08. The molecule has 2 nitrogen and oxygen atoms in total. The maximum absolute atomic E-state index is 9.94. The van der Waals surface area contributed by atoms with E-state index in [2.05, 4.69) is 44.3 Å². The molecule has 0 spiro atoms. The van der Waals surface area contributed by atoms with Crippen LogP contribution in [0.4, 0.5) is 5.69 Å². The molecule has 0 fully saturated rings. The molecule has 0 aliphatic rings. The molecule has 0 amide bonds. The van der Waals surface area contributed by atoms with Crippen molar-refractivity contribution in [3.63, 3.8) is 0 Å². The minimum atomic E-state index is 0.0713. The van der Waals surface area contributed by atoms with E-state index in [4.69, 9.17) is 0 Å². The Bertz CT molecular complexity index is 590. The van der Waals surface area contributed by atoms with E-state index < -0.39 is 0 Å². The maximum atomic E-state index is 9.94. The van der Waals surface area contributed by atoms with Crippen LogP contribution in [-0.2, 0) is 0 Å². The highest BCUT2D eigenvalue weighted by molar-refractivity contribution is 5.51. The van der Waals surface area contributed by atoms with E-state index in [0.717, 1.165) is 16.8 Å². The van der Waals surface area contributed by atoms with Crippen molar-refractivity contribution in [1.82, 2.24) is 0 Å². The molecule has 2 aromatic carbocycles. The van der Waals surface area contributed by atoms with Crippen LogP contribution in [0.1, 0.15) is 35.2 Å². The Hall–Kier alpha value is -1.96. The molecule has 1 unspecified atom stereocenters. The summed E-state index contributed by atoms with van der Waals surface area (Å²) in [5.41, 5.74) is 5.72. The van der Waals surface area contributed by atoms with Gasteiger partial charge >= 0.3 is 0 Å². The Morgan fingerprint density at radius 1 is 0.947 bits per heavy atom. The normalized spacial score (nSPS) is 12.2. The zero-order chi connectivity index (χ0) is 14.0. The fraction of sp³-hybridized carbons (Fsp3) is 0.294. The first-order chi connectivity index (χ1) is 8.97. The molecule has 0 saturated carbocycles. The van der Waals surface area contributed by atoms with E-state index in [1.165, 1.54) is 11.1 Å². The van der Waals surface area contributed by atoms with Gasteiger partial charge in [-0.05, 0) is 57.0 Å². The van der Waals surface area contributed by atoms with Crippen molar-refractivity contribution in [2.75, 3.05) is 5.32 Å². The third-order valence-corrected chi connectivity index (χ3v) is 3.54. The lowest BCUT2D eigenvalue weighted by Crippen LogP contribution is -2.07. The lowest BCUT2D eigenvalue weighted by molar-refractivity contribution is 0.465. The van der Waals surface area contributed by atoms with Gasteiger partial charge in [0.15, 0.2) is 0 Å². The number of phenolic OH excluding ortho intramolecular Hbond substituents is 1. The van der Waals surface area contributed by atoms with Gasteiger partial charge in [0.05, 0.1) is 6.04 Å². The number of rotatable bonds is 3. The molecule has 0 saturated heterocycles. The molecule has 0 bridgehead atoms. The fourth-order valence-corrected chi connectivity index (χ4v) is 2.18. The Kier molecular flexibility index (Phi) is 3.79. The first-order valence-corrected chi connectivity index (χ1v) is 6.60. The summed E-state index contributed by atoms with van der Waals surface area (Å²) in [4.78, 5) is 0. The minimum absolute atomic E-state index is 0.0713. The summed E-state index contributed by atoms with van der Waals surface area (Å²) in [5.74, 6) is 0.342. The van der Waals surface area contributed by atoms with Gasteiger partial charge in [-0.25, -0.2) is 0 Å². The summed E-state index contributed by atoms with van der Waals surface area (Å²) in [6.07, 6.45) is 0. The molecular formula is C17H21NO. The van der Waals surface area contributed by atoms with Crippen LogP contribution in [0, 0.1) is 20.8 Å². The third-order valence-electron chi connectivity index (χ3n) is 3.54. The van der Waals surface area contributed by atoms with Gasteiger partial charge in [-0.1, -0.05) is 23.8 Å². The first kappa shape index (κ1) is 13.5. The zero-order valence-corrected chi connectivity index (χ0v) is 12.0. The molecule has 1 atom stereocenters. The molecule has 2 aromatic rings. The topological polar surface area (TPSA) is 32.3 Å². The van der Waals surface area contributed by atoms with Crippen molar-refractivity contribution >= 4 is 5.69 Å². The largest absolute Gasteiger partial charge is 0.508 e. The van der Waals surface area contributed by atoms with Crippen LogP contribution in [0.5, 0.6) is 5.75 Å². The summed E-state index contributed by atoms with van der Waals surface area (Å²) in [6, 6.07) is 12.1. The van der Waals surface area contributed by atoms with Crippen molar-refractivity contribution in [2.45, 2.75) is 33.7 Å². The number of hydrogen-bond donors (Lipinski definition) is 2. The SMILES string of the molecule is Cc1ccc(O)c(C(C)Nc2ccc(C)c(C)c2)c1. The molecule has 100 valence electrons. The number of phenols is 1. The Morgan fingerprint density at radius 2 is 1.68 bits per heavy atom. The molecule has 0 aliphatic carbocycles. The second kappa shape index (κ2) is 5.35. The molecule has 0 aliphatic heterocycles. The monoisotopic (exact) mass is 255 g/mol. The second-order valence-electron chi connectivity index (χ2n) is 5.23. The van der Waals surface area contributed by atoms with E-state index >= 15 is 0 Å². The molecule has 0 heterocycles. The van der Waals surface area contributed by atoms with E-state index in [1.807, 2.05) is 19.1 Å². The summed E-state index contributed by atoms with van der Waals surface area (Å²) in [5, 5.41) is 13.4. The summed E-state index contributed by atoms with van der Waals surface area (Å²) >= 11 is 0. The second-order valence-corrected chi connectivity index (χ2v) is 5.23. The molecule has 19 heavy (non-hydrogen) atoms. The van der Waals surface area contributed by atoms with Crippen molar-refractivity contribution < 1.29 is 5.11 Å². The number of aromatic hydroxyl groups is 1. The Morgan fingerprint density at radius 3 is 2.37 bits per heavy atom. The summed E-state index contributed by atoms with van der Waals surface area (Å²) < 4.78 is 0. The van der Waals surface area contributed by atoms with E-state index in [1.54, 1.807) is 6.07 Å². The maximum Gasteiger partial charge on any atom is 0.120 e. The zero-order valence-electron chi connectivity index (χ0n) is 12.0. The van der Waals surface area contributed by atoms with Crippen molar-refractivity contribution in [2.24, 2.45) is 0 Å². The van der Waals surface area contributed by atoms with Crippen molar-refractivity contribution in [1.29, 1.82) is 0 Å². The van der Waals surface area contributed by atoms with Crippen LogP contribution in [0.25, 0.3) is 0 Å². The highest BCUT2D eigenvalue weighted by atomic mass is 16.3. The van der Waals surface area contributed by atoms with Gasteiger partial charge < -0.3 is 10.4 Å². The smallest absolute Gasteiger partial charge is 0.120 e. The van der Waals surface area contributed by atoms with Gasteiger partial charge in [0.2, 0.25) is 0 Å². The average molecular weight is 255 g/mol. The molecule has 2 rings (SSSR count). The molecule has 0 aromatic heterocycles. The number of hydrogen-bond acceptors (Lipinski definition) is 2. The number of nitrogens with one attached hydrogen (secondary N) is 1. The van der Waals surface area contributed by atoms with Gasteiger partial charge in [-0.3, -0.25) is 0 Å². The van der Waals surface area contributed by atoms with Gasteiger partial charge in [-0.15, -0.1) is 0 Å². The fourth-order valence-electron chi connectivity index (χ4n) is 2.18. The predicted molar refractivity (Wildman–Crippen MR) is 80.8 cm³/mol. The number of benzene rings is 2. The first-order valence-electron chi connectivity index (χ1n) is 6.60. The van der Waals surface area contributed by atoms with E-state index in [0.29, 0.717) is 5.75 Å². The predicted octanol–water partition coefficient (Wildman–Crippen LogP) is 4.49. The molecule has 2 N–H and O–H groups in total. The van der Waals surface area contributed by atoms with E-state index in [9.17, 15) is 5.11 Å². The van der Waals surface area contributed by atoms with Crippen LogP contribution >= 0.6 is 0 Å². The van der Waals surface area contributed by atoms with Crippen molar-refractivity contribution in [3.05, 3.63) is 58.7 Å². The molecule has 0 radical (unpaired) electrons. The molecular weight excluding hydrogens is 234 g/mol. The number of aryl methyl sites for hydroxylation is 3. The Labute approximate surface area is 115 Å². The van der Waals surface area contributed by atoms with E-state index in [-0.39, 0.29) is 6.04 Å².